The summed E-state index contributed by atoms with van der Waals surface area (Å²) in [5.41, 5.74) is 1.14. The second kappa shape index (κ2) is 8.58. The summed E-state index contributed by atoms with van der Waals surface area (Å²) in [4.78, 5) is 10.9. The summed E-state index contributed by atoms with van der Waals surface area (Å²) in [5, 5.41) is 2.23. The summed E-state index contributed by atoms with van der Waals surface area (Å²) >= 11 is 0. The largest absolute Gasteiger partial charge is 0.491 e. The number of fused-ring (bicyclic) bond motifs is 1. The second-order valence-electron chi connectivity index (χ2n) is 6.67. The lowest BCUT2D eigenvalue weighted by atomic mass is 10.1. The van der Waals surface area contributed by atoms with Crippen molar-refractivity contribution in [3.63, 3.8) is 0 Å². The number of carbonyl (C=O) groups excluding carboxylic acids is 1. The van der Waals surface area contributed by atoms with Crippen molar-refractivity contribution in [1.82, 2.24) is 0 Å². The molecule has 3 rings (SSSR count). The predicted molar refractivity (Wildman–Crippen MR) is 107 cm³/mol. The molecule has 0 aliphatic heterocycles. The molecule has 0 radical (unpaired) electrons. The predicted octanol–water partition coefficient (Wildman–Crippen LogP) is 5.52. The summed E-state index contributed by atoms with van der Waals surface area (Å²) in [6.07, 6.45) is 0.856. The van der Waals surface area contributed by atoms with Crippen LogP contribution in [0.2, 0.25) is 0 Å². The number of esters is 1. The fraction of sp³-hybridized carbons (Fsp3) is 0.261. The molecule has 0 aromatic heterocycles. The van der Waals surface area contributed by atoms with E-state index in [2.05, 4.69) is 12.1 Å². The first-order chi connectivity index (χ1) is 13.0. The molecule has 140 valence electrons. The van der Waals surface area contributed by atoms with Gasteiger partial charge in [-0.1, -0.05) is 24.3 Å². The molecule has 0 spiro atoms. The molecular formula is C23H24O4. The first kappa shape index (κ1) is 18.8. The van der Waals surface area contributed by atoms with Gasteiger partial charge in [0.25, 0.3) is 0 Å². The normalized spacial score (nSPS) is 10.8. The topological polar surface area (TPSA) is 44.8 Å². The van der Waals surface area contributed by atoms with Crippen molar-refractivity contribution in [3.05, 3.63) is 66.2 Å². The van der Waals surface area contributed by atoms with Crippen molar-refractivity contribution < 1.29 is 19.0 Å². The molecule has 0 N–H and O–H groups in total. The van der Waals surface area contributed by atoms with Gasteiger partial charge in [-0.05, 0) is 66.6 Å². The molecule has 0 atom stereocenters. The number of ether oxygens (including phenoxy) is 3. The van der Waals surface area contributed by atoms with Gasteiger partial charge >= 0.3 is 5.97 Å². The summed E-state index contributed by atoms with van der Waals surface area (Å²) < 4.78 is 16.6. The van der Waals surface area contributed by atoms with E-state index in [1.54, 1.807) is 0 Å². The maximum atomic E-state index is 10.9. The van der Waals surface area contributed by atoms with Crippen molar-refractivity contribution in [1.29, 1.82) is 0 Å². The maximum absolute atomic E-state index is 10.9. The number of hydrogen-bond donors (Lipinski definition) is 0. The maximum Gasteiger partial charge on any atom is 0.302 e. The molecule has 27 heavy (non-hydrogen) atoms. The van der Waals surface area contributed by atoms with Gasteiger partial charge in [-0.3, -0.25) is 4.79 Å². The van der Waals surface area contributed by atoms with Crippen LogP contribution in [0.4, 0.5) is 0 Å². The molecule has 4 heteroatoms. The third-order valence-corrected chi connectivity index (χ3v) is 4.00. The Morgan fingerprint density at radius 1 is 0.852 bits per heavy atom. The molecule has 0 bridgehead atoms. The second-order valence-corrected chi connectivity index (χ2v) is 6.67. The zero-order chi connectivity index (χ0) is 19.2. The highest BCUT2D eigenvalue weighted by molar-refractivity contribution is 5.84. The molecule has 0 saturated heterocycles. The van der Waals surface area contributed by atoms with Crippen LogP contribution in [-0.4, -0.2) is 18.7 Å². The Kier molecular flexibility index (Phi) is 5.97. The van der Waals surface area contributed by atoms with E-state index in [0.29, 0.717) is 13.0 Å². The molecule has 0 saturated carbocycles. The van der Waals surface area contributed by atoms with E-state index in [9.17, 15) is 4.79 Å². The van der Waals surface area contributed by atoms with Gasteiger partial charge < -0.3 is 14.2 Å². The van der Waals surface area contributed by atoms with E-state index >= 15 is 0 Å². The van der Waals surface area contributed by atoms with Crippen LogP contribution in [0.1, 0.15) is 26.3 Å². The Labute approximate surface area is 159 Å². The zero-order valence-corrected chi connectivity index (χ0v) is 15.9. The Bertz CT molecular complexity index is 913. The van der Waals surface area contributed by atoms with Gasteiger partial charge in [0.2, 0.25) is 0 Å². The lowest BCUT2D eigenvalue weighted by molar-refractivity contribution is -0.140. The molecule has 4 nitrogen and oxygen atoms in total. The van der Waals surface area contributed by atoms with E-state index in [1.807, 2.05) is 62.4 Å². The van der Waals surface area contributed by atoms with E-state index in [0.717, 1.165) is 33.6 Å². The van der Waals surface area contributed by atoms with E-state index in [4.69, 9.17) is 14.2 Å². The van der Waals surface area contributed by atoms with E-state index in [1.165, 1.54) is 6.92 Å². The molecule has 0 fully saturated rings. The fourth-order valence-electron chi connectivity index (χ4n) is 2.80. The van der Waals surface area contributed by atoms with Gasteiger partial charge in [0, 0.05) is 13.3 Å². The van der Waals surface area contributed by atoms with Gasteiger partial charge in [-0.2, -0.15) is 0 Å². The minimum atomic E-state index is -0.249. The number of benzene rings is 3. The smallest absolute Gasteiger partial charge is 0.302 e. The quantitative estimate of drug-likeness (QED) is 0.518. The fourth-order valence-corrected chi connectivity index (χ4v) is 2.80. The van der Waals surface area contributed by atoms with Crippen LogP contribution in [0, 0.1) is 0 Å². The third-order valence-electron chi connectivity index (χ3n) is 4.00. The standard InChI is InChI=1S/C23H24O4/c1-16(2)26-21-8-10-22(11-9-21)27-23-7-6-19-14-18(4-5-20(19)15-23)12-13-25-17(3)24/h4-11,14-16H,12-13H2,1-3H3. The average Bonchev–Trinajstić information content (AvgIpc) is 2.63. The van der Waals surface area contributed by atoms with Crippen molar-refractivity contribution in [2.45, 2.75) is 33.3 Å². The van der Waals surface area contributed by atoms with Crippen molar-refractivity contribution in [2.75, 3.05) is 6.61 Å². The molecule has 0 unspecified atom stereocenters. The van der Waals surface area contributed by atoms with Gasteiger partial charge in [0.05, 0.1) is 12.7 Å². The SMILES string of the molecule is CC(=O)OCCc1ccc2cc(Oc3ccc(OC(C)C)cc3)ccc2c1. The minimum Gasteiger partial charge on any atom is -0.491 e. The summed E-state index contributed by atoms with van der Waals surface area (Å²) in [7, 11) is 0. The van der Waals surface area contributed by atoms with Crippen molar-refractivity contribution >= 4 is 16.7 Å². The van der Waals surface area contributed by atoms with Crippen LogP contribution in [0.3, 0.4) is 0 Å². The molecule has 3 aromatic carbocycles. The van der Waals surface area contributed by atoms with Crippen LogP contribution in [0.25, 0.3) is 10.8 Å². The highest BCUT2D eigenvalue weighted by atomic mass is 16.5. The van der Waals surface area contributed by atoms with E-state index in [-0.39, 0.29) is 12.1 Å². The summed E-state index contributed by atoms with van der Waals surface area (Å²) in [5.74, 6) is 2.13. The average molecular weight is 364 g/mol. The first-order valence-corrected chi connectivity index (χ1v) is 9.10. The van der Waals surface area contributed by atoms with Crippen LogP contribution >= 0.6 is 0 Å². The highest BCUT2D eigenvalue weighted by Gasteiger charge is 2.03. The zero-order valence-electron chi connectivity index (χ0n) is 15.9. The highest BCUT2D eigenvalue weighted by Crippen LogP contribution is 2.28. The van der Waals surface area contributed by atoms with Crippen LogP contribution in [-0.2, 0) is 16.0 Å². The number of hydrogen-bond acceptors (Lipinski definition) is 4. The van der Waals surface area contributed by atoms with Crippen LogP contribution in [0.15, 0.2) is 60.7 Å². The third kappa shape index (κ3) is 5.48. The van der Waals surface area contributed by atoms with Gasteiger partial charge in [0.1, 0.15) is 17.2 Å². The number of rotatable bonds is 7. The lowest BCUT2D eigenvalue weighted by Crippen LogP contribution is -2.05. The van der Waals surface area contributed by atoms with Gasteiger partial charge in [-0.25, -0.2) is 0 Å². The summed E-state index contributed by atoms with van der Waals surface area (Å²) in [6.45, 7) is 5.83. The lowest BCUT2D eigenvalue weighted by Gasteiger charge is -2.11. The minimum absolute atomic E-state index is 0.149. The van der Waals surface area contributed by atoms with Crippen LogP contribution < -0.4 is 9.47 Å². The van der Waals surface area contributed by atoms with Gasteiger partial charge in [0.15, 0.2) is 0 Å². The molecule has 0 amide bonds. The van der Waals surface area contributed by atoms with Crippen molar-refractivity contribution in [3.8, 4) is 17.2 Å². The van der Waals surface area contributed by atoms with Gasteiger partial charge in [-0.15, -0.1) is 0 Å². The Morgan fingerprint density at radius 3 is 2.19 bits per heavy atom. The molecule has 0 aliphatic rings. The molecule has 3 aromatic rings. The monoisotopic (exact) mass is 364 g/mol. The summed E-state index contributed by atoms with van der Waals surface area (Å²) in [6, 6.07) is 19.9. The molecular weight excluding hydrogens is 340 g/mol. The Morgan fingerprint density at radius 2 is 1.48 bits per heavy atom. The number of carbonyl (C=O) groups is 1. The molecule has 0 heterocycles. The Hall–Kier alpha value is -3.01. The van der Waals surface area contributed by atoms with Crippen molar-refractivity contribution in [2.24, 2.45) is 0 Å². The first-order valence-electron chi connectivity index (χ1n) is 9.10. The van der Waals surface area contributed by atoms with Crippen LogP contribution in [0.5, 0.6) is 17.2 Å². The van der Waals surface area contributed by atoms with E-state index < -0.39 is 0 Å². The Balaban J connectivity index is 1.68. The molecule has 0 aliphatic carbocycles.